The normalized spacial score (nSPS) is 11.8. The first-order valence-electron chi connectivity index (χ1n) is 5.76. The van der Waals surface area contributed by atoms with Crippen molar-refractivity contribution in [3.63, 3.8) is 0 Å². The van der Waals surface area contributed by atoms with E-state index in [1.807, 2.05) is 20.8 Å². The van der Waals surface area contributed by atoms with Gasteiger partial charge in [-0.25, -0.2) is 9.97 Å². The second-order valence-corrected chi connectivity index (χ2v) is 5.01. The van der Waals surface area contributed by atoms with Gasteiger partial charge >= 0.3 is 0 Å². The van der Waals surface area contributed by atoms with Crippen molar-refractivity contribution >= 4 is 0 Å². The summed E-state index contributed by atoms with van der Waals surface area (Å²) in [6.07, 6.45) is 6.60. The number of rotatable bonds is 2. The molecular weight excluding hydrogens is 230 g/mol. The minimum atomic E-state index is -0.293. The molecule has 2 heterocycles. The molecule has 0 aliphatic heterocycles. The van der Waals surface area contributed by atoms with Crippen LogP contribution >= 0.6 is 0 Å². The van der Waals surface area contributed by atoms with Gasteiger partial charge in [-0.15, -0.1) is 0 Å². The quantitative estimate of drug-likeness (QED) is 0.844. The molecule has 0 bridgehead atoms. The van der Waals surface area contributed by atoms with Gasteiger partial charge in [-0.1, -0.05) is 0 Å². The smallest absolute Gasteiger partial charge is 0.294 e. The molecule has 0 amide bonds. The van der Waals surface area contributed by atoms with Crippen LogP contribution in [0.5, 0.6) is 0 Å². The molecule has 96 valence electrons. The summed E-state index contributed by atoms with van der Waals surface area (Å²) in [7, 11) is 0. The van der Waals surface area contributed by atoms with Crippen molar-refractivity contribution in [2.75, 3.05) is 0 Å². The predicted molar refractivity (Wildman–Crippen MR) is 68.5 cm³/mol. The predicted octanol–water partition coefficient (Wildman–Crippen LogP) is 0.643. The molecule has 0 saturated heterocycles. The molecular formula is C12H17N5O. The Morgan fingerprint density at radius 2 is 1.89 bits per heavy atom. The van der Waals surface area contributed by atoms with E-state index < -0.39 is 0 Å². The van der Waals surface area contributed by atoms with Crippen molar-refractivity contribution in [1.29, 1.82) is 0 Å². The first kappa shape index (κ1) is 12.5. The number of nitrogens with zero attached hydrogens (tertiary/aromatic N) is 4. The van der Waals surface area contributed by atoms with Crippen LogP contribution in [-0.4, -0.2) is 19.1 Å². The average Bonchev–Trinajstić information content (AvgIpc) is 2.75. The molecule has 18 heavy (non-hydrogen) atoms. The highest BCUT2D eigenvalue weighted by molar-refractivity contribution is 5.22. The van der Waals surface area contributed by atoms with E-state index in [1.54, 1.807) is 33.9 Å². The summed E-state index contributed by atoms with van der Waals surface area (Å²) in [6, 6.07) is 0. The molecule has 0 aliphatic carbocycles. The molecule has 0 radical (unpaired) electrons. The van der Waals surface area contributed by atoms with Crippen LogP contribution in [0.1, 0.15) is 26.6 Å². The zero-order chi connectivity index (χ0) is 13.3. The summed E-state index contributed by atoms with van der Waals surface area (Å²) in [5, 5.41) is 0. The lowest BCUT2D eigenvalue weighted by molar-refractivity contribution is 0.381. The van der Waals surface area contributed by atoms with E-state index in [4.69, 9.17) is 5.73 Å². The van der Waals surface area contributed by atoms with Crippen LogP contribution < -0.4 is 11.3 Å². The third-order valence-electron chi connectivity index (χ3n) is 2.67. The maximum Gasteiger partial charge on any atom is 0.294 e. The summed E-state index contributed by atoms with van der Waals surface area (Å²) >= 11 is 0. The van der Waals surface area contributed by atoms with Crippen molar-refractivity contribution in [3.05, 3.63) is 41.0 Å². The van der Waals surface area contributed by atoms with E-state index in [0.717, 1.165) is 0 Å². The van der Waals surface area contributed by atoms with Gasteiger partial charge in [0, 0.05) is 30.3 Å². The van der Waals surface area contributed by atoms with E-state index in [9.17, 15) is 4.79 Å². The van der Waals surface area contributed by atoms with E-state index in [-0.39, 0.29) is 17.6 Å². The number of imidazole rings is 1. The topological polar surface area (TPSA) is 78.7 Å². The Kier molecular flexibility index (Phi) is 3.04. The largest absolute Gasteiger partial charge is 0.324 e. The van der Waals surface area contributed by atoms with Crippen molar-refractivity contribution in [1.82, 2.24) is 19.1 Å². The summed E-state index contributed by atoms with van der Waals surface area (Å²) in [4.78, 5) is 20.6. The summed E-state index contributed by atoms with van der Waals surface area (Å²) < 4.78 is 3.28. The lowest BCUT2D eigenvalue weighted by atomic mass is 10.1. The van der Waals surface area contributed by atoms with E-state index in [1.165, 1.54) is 0 Å². The molecule has 2 rings (SSSR count). The van der Waals surface area contributed by atoms with Crippen molar-refractivity contribution in [2.45, 2.75) is 32.9 Å². The lowest BCUT2D eigenvalue weighted by Crippen LogP contribution is -2.36. The van der Waals surface area contributed by atoms with E-state index >= 15 is 0 Å². The Bertz CT molecular complexity index is 605. The fraction of sp³-hybridized carbons (Fsp3) is 0.417. The first-order chi connectivity index (χ1) is 8.45. The molecule has 0 spiro atoms. The van der Waals surface area contributed by atoms with Crippen LogP contribution in [0.3, 0.4) is 0 Å². The van der Waals surface area contributed by atoms with Gasteiger partial charge < -0.3 is 10.3 Å². The average molecular weight is 247 g/mol. The third-order valence-corrected chi connectivity index (χ3v) is 2.67. The Balaban J connectivity index is 2.64. The van der Waals surface area contributed by atoms with Crippen LogP contribution in [0.15, 0.2) is 29.6 Å². The molecule has 6 nitrogen and oxygen atoms in total. The number of hydrogen-bond acceptors (Lipinski definition) is 4. The molecule has 0 saturated carbocycles. The van der Waals surface area contributed by atoms with Crippen LogP contribution in [-0.2, 0) is 12.1 Å². The Hall–Kier alpha value is -1.95. The monoisotopic (exact) mass is 247 g/mol. The minimum absolute atomic E-state index is 0.155. The van der Waals surface area contributed by atoms with Crippen molar-refractivity contribution < 1.29 is 0 Å². The summed E-state index contributed by atoms with van der Waals surface area (Å²) in [5.41, 5.74) is 5.14. The Morgan fingerprint density at radius 1 is 1.22 bits per heavy atom. The molecule has 0 unspecified atom stereocenters. The summed E-state index contributed by atoms with van der Waals surface area (Å²) in [6.45, 7) is 6.17. The molecule has 0 fully saturated rings. The van der Waals surface area contributed by atoms with Gasteiger partial charge in [0.15, 0.2) is 0 Å². The molecule has 0 aliphatic rings. The second-order valence-electron chi connectivity index (χ2n) is 5.01. The number of nitrogens with two attached hydrogens (primary N) is 1. The second kappa shape index (κ2) is 4.38. The van der Waals surface area contributed by atoms with Crippen LogP contribution in [0, 0.1) is 0 Å². The molecule has 6 heteroatoms. The molecule has 0 atom stereocenters. The minimum Gasteiger partial charge on any atom is -0.324 e. The number of hydrogen-bond donors (Lipinski definition) is 1. The molecule has 2 aromatic rings. The fourth-order valence-electron chi connectivity index (χ4n) is 1.77. The Labute approximate surface area is 105 Å². The maximum absolute atomic E-state index is 12.4. The van der Waals surface area contributed by atoms with E-state index in [0.29, 0.717) is 11.6 Å². The van der Waals surface area contributed by atoms with Crippen molar-refractivity contribution in [2.24, 2.45) is 5.73 Å². The van der Waals surface area contributed by atoms with Gasteiger partial charge in [0.05, 0.1) is 6.54 Å². The Morgan fingerprint density at radius 3 is 2.50 bits per heavy atom. The van der Waals surface area contributed by atoms with Gasteiger partial charge in [0.2, 0.25) is 5.82 Å². The molecule has 0 aromatic carbocycles. The van der Waals surface area contributed by atoms with Gasteiger partial charge in [-0.3, -0.25) is 9.36 Å². The van der Waals surface area contributed by atoms with Crippen LogP contribution in [0.4, 0.5) is 0 Å². The zero-order valence-corrected chi connectivity index (χ0v) is 10.8. The highest BCUT2D eigenvalue weighted by Crippen LogP contribution is 2.11. The first-order valence-corrected chi connectivity index (χ1v) is 5.76. The summed E-state index contributed by atoms with van der Waals surface area (Å²) in [5.74, 6) is 0.941. The lowest BCUT2D eigenvalue weighted by Gasteiger charge is -2.22. The zero-order valence-electron chi connectivity index (χ0n) is 10.8. The number of aromatic nitrogens is 4. The highest BCUT2D eigenvalue weighted by Gasteiger charge is 2.18. The van der Waals surface area contributed by atoms with Crippen LogP contribution in [0.2, 0.25) is 0 Å². The van der Waals surface area contributed by atoms with Gasteiger partial charge in [-0.05, 0) is 20.8 Å². The highest BCUT2D eigenvalue weighted by atomic mass is 16.1. The SMILES string of the molecule is CC(C)(C)n1ccnc(-n2ccnc2CN)c1=O. The van der Waals surface area contributed by atoms with Gasteiger partial charge in [0.25, 0.3) is 5.56 Å². The van der Waals surface area contributed by atoms with E-state index in [2.05, 4.69) is 9.97 Å². The molecule has 2 aromatic heterocycles. The molecule has 2 N–H and O–H groups in total. The van der Waals surface area contributed by atoms with Gasteiger partial charge in [-0.2, -0.15) is 0 Å². The maximum atomic E-state index is 12.4. The standard InChI is InChI=1S/C12H17N5O/c1-12(2,3)17-7-5-15-10(11(17)18)16-6-4-14-9(16)8-13/h4-7H,8,13H2,1-3H3. The van der Waals surface area contributed by atoms with Crippen molar-refractivity contribution in [3.8, 4) is 5.82 Å². The fourth-order valence-corrected chi connectivity index (χ4v) is 1.77. The van der Waals surface area contributed by atoms with Gasteiger partial charge in [0.1, 0.15) is 5.82 Å². The van der Waals surface area contributed by atoms with Crippen LogP contribution in [0.25, 0.3) is 5.82 Å². The third kappa shape index (κ3) is 2.06.